The van der Waals surface area contributed by atoms with E-state index in [0.29, 0.717) is 0 Å². The zero-order chi connectivity index (χ0) is 45.6. The van der Waals surface area contributed by atoms with Crippen LogP contribution in [0.1, 0.15) is 47.5 Å². The van der Waals surface area contributed by atoms with Gasteiger partial charge in [0.15, 0.2) is 18.7 Å². The Morgan fingerprint density at radius 1 is 0.836 bits per heavy atom. The van der Waals surface area contributed by atoms with Gasteiger partial charge in [0.05, 0.1) is 39.4 Å². The number of hydrogen-bond acceptors (Lipinski definition) is 21. The van der Waals surface area contributed by atoms with Gasteiger partial charge in [-0.1, -0.05) is 13.0 Å². The lowest BCUT2D eigenvalue weighted by atomic mass is 9.87. The number of esters is 4. The SMILES string of the molecule is C=CCO[C@@H]1OC(COP)[C@@H](O[C@@H]2OC(COP)[C@H](O)C(O[C@]3(C(=O)OC)C[C@H](OC(C)=O)[C@@H](NC(C)=O)C([C@H](OC(C)=O)[C@@H](CC)OC(C)=O)O3)[C@@H]2OP)C(OP)[C@@H]1OP. The van der Waals surface area contributed by atoms with Crippen LogP contribution in [0.4, 0.5) is 0 Å². The summed E-state index contributed by atoms with van der Waals surface area (Å²) >= 11 is 0. The molecule has 3 aliphatic heterocycles. The molecule has 3 aliphatic rings. The van der Waals surface area contributed by atoms with Crippen LogP contribution >= 0.6 is 47.3 Å². The minimum absolute atomic E-state index is 0.0320. The van der Waals surface area contributed by atoms with E-state index < -0.39 is 134 Å². The summed E-state index contributed by atoms with van der Waals surface area (Å²) < 4.78 is 87.8. The van der Waals surface area contributed by atoms with E-state index in [2.05, 4.69) is 40.3 Å². The summed E-state index contributed by atoms with van der Waals surface area (Å²) in [5, 5.41) is 14.6. The topological polar surface area (TPSA) is 256 Å². The highest BCUT2D eigenvalue weighted by molar-refractivity contribution is 7.10. The number of ether oxygens (including phenoxy) is 10. The zero-order valence-corrected chi connectivity index (χ0v) is 40.3. The Labute approximate surface area is 365 Å². The Hall–Kier alpha value is -1.24. The highest BCUT2D eigenvalue weighted by atomic mass is 31.0. The molecule has 0 aromatic heterocycles. The molecule has 22 nitrogen and oxygen atoms in total. The first kappa shape index (κ1) is 54.1. The van der Waals surface area contributed by atoms with Gasteiger partial charge in [-0.15, -0.1) is 6.58 Å². The molecule has 27 heteroatoms. The van der Waals surface area contributed by atoms with Gasteiger partial charge in [0.2, 0.25) is 5.91 Å². The summed E-state index contributed by atoms with van der Waals surface area (Å²) in [5.74, 6) is -7.02. The summed E-state index contributed by atoms with van der Waals surface area (Å²) in [6, 6.07) is -1.36. The molecule has 1 amide bonds. The van der Waals surface area contributed by atoms with E-state index in [1.807, 2.05) is 18.9 Å². The Morgan fingerprint density at radius 2 is 1.43 bits per heavy atom. The van der Waals surface area contributed by atoms with Crippen LogP contribution in [0.25, 0.3) is 0 Å². The third-order valence-electron chi connectivity index (χ3n) is 9.64. The molecular formula is C34H58NO21P5. The molecule has 3 heterocycles. The van der Waals surface area contributed by atoms with Crippen molar-refractivity contribution < 1.29 is 99.1 Å². The number of carbonyl (C=O) groups excluding carboxylic acids is 5. The summed E-state index contributed by atoms with van der Waals surface area (Å²) in [5.41, 5.74) is 0. The van der Waals surface area contributed by atoms with E-state index in [1.54, 1.807) is 6.92 Å². The lowest BCUT2D eigenvalue weighted by Crippen LogP contribution is -2.71. The molecule has 3 saturated heterocycles. The van der Waals surface area contributed by atoms with Crippen molar-refractivity contribution in [3.05, 3.63) is 12.7 Å². The number of amides is 1. The second-order valence-electron chi connectivity index (χ2n) is 13.9. The molecule has 0 bridgehead atoms. The molecule has 0 saturated carbocycles. The Kier molecular flexibility index (Phi) is 23.1. The number of aliphatic hydroxyl groups is 1. The number of hydrogen-bond donors (Lipinski definition) is 2. The molecule has 0 aliphatic carbocycles. The van der Waals surface area contributed by atoms with Crippen LogP contribution in [-0.4, -0.2) is 159 Å². The average Bonchev–Trinajstić information content (AvgIpc) is 3.20. The zero-order valence-electron chi connectivity index (χ0n) is 34.5. The van der Waals surface area contributed by atoms with Crippen molar-refractivity contribution in [3.8, 4) is 0 Å². The van der Waals surface area contributed by atoms with E-state index in [0.717, 1.165) is 27.9 Å². The smallest absolute Gasteiger partial charge is 0.366 e. The molecule has 0 radical (unpaired) electrons. The highest BCUT2D eigenvalue weighted by Crippen LogP contribution is 2.42. The maximum Gasteiger partial charge on any atom is 0.366 e. The second kappa shape index (κ2) is 26.0. The first-order valence-corrected chi connectivity index (χ1v) is 21.1. The molecule has 3 fully saturated rings. The third kappa shape index (κ3) is 14.1. The van der Waals surface area contributed by atoms with E-state index in [1.165, 1.54) is 13.0 Å². The number of rotatable bonds is 22. The molecule has 0 aromatic rings. The van der Waals surface area contributed by atoms with Gasteiger partial charge in [0.25, 0.3) is 5.79 Å². The fraction of sp³-hybridized carbons (Fsp3) is 0.794. The van der Waals surface area contributed by atoms with Gasteiger partial charge in [-0.25, -0.2) is 4.79 Å². The Morgan fingerprint density at radius 3 is 1.93 bits per heavy atom. The van der Waals surface area contributed by atoms with Crippen molar-refractivity contribution in [2.75, 3.05) is 26.9 Å². The van der Waals surface area contributed by atoms with Crippen molar-refractivity contribution in [1.82, 2.24) is 5.32 Å². The normalized spacial score (nSPS) is 34.9. The second-order valence-corrected chi connectivity index (χ2v) is 15.4. The first-order chi connectivity index (χ1) is 29.0. The van der Waals surface area contributed by atoms with E-state index >= 15 is 0 Å². The van der Waals surface area contributed by atoms with Crippen molar-refractivity contribution in [2.45, 2.75) is 145 Å². The number of nitrogens with one attached hydrogen (secondary N) is 1. The maximum atomic E-state index is 14.2. The quantitative estimate of drug-likeness (QED) is 0.0639. The predicted molar refractivity (Wildman–Crippen MR) is 223 cm³/mol. The number of methoxy groups -OCH3 is 1. The third-order valence-corrected chi connectivity index (χ3v) is 11.0. The molecule has 0 spiro atoms. The minimum atomic E-state index is -2.67. The summed E-state index contributed by atoms with van der Waals surface area (Å²) in [6.45, 7) is 9.46. The number of carbonyl (C=O) groups is 5. The Balaban J connectivity index is 2.23. The van der Waals surface area contributed by atoms with Crippen LogP contribution in [0.3, 0.4) is 0 Å². The average molecular weight is 972 g/mol. The summed E-state index contributed by atoms with van der Waals surface area (Å²) in [7, 11) is 11.5. The van der Waals surface area contributed by atoms with Crippen molar-refractivity contribution in [1.29, 1.82) is 0 Å². The molecule has 350 valence electrons. The predicted octanol–water partition coefficient (Wildman–Crippen LogP) is 0.277. The van der Waals surface area contributed by atoms with Crippen LogP contribution in [0.5, 0.6) is 0 Å². The van der Waals surface area contributed by atoms with E-state index in [4.69, 9.17) is 70.0 Å². The molecular weight excluding hydrogens is 913 g/mol. The molecule has 21 atom stereocenters. The first-order valence-electron chi connectivity index (χ1n) is 18.8. The Bertz CT molecular complexity index is 1470. The van der Waals surface area contributed by atoms with Gasteiger partial charge in [-0.05, 0) is 6.42 Å². The largest absolute Gasteiger partial charge is 0.465 e. The minimum Gasteiger partial charge on any atom is -0.465 e. The molecule has 10 unspecified atom stereocenters. The lowest BCUT2D eigenvalue weighted by Gasteiger charge is -2.52. The van der Waals surface area contributed by atoms with Crippen molar-refractivity contribution in [3.63, 3.8) is 0 Å². The van der Waals surface area contributed by atoms with Gasteiger partial charge in [-0.3, -0.25) is 19.2 Å². The fourth-order valence-corrected chi connectivity index (χ4v) is 8.52. The van der Waals surface area contributed by atoms with Gasteiger partial charge in [0.1, 0.15) is 67.1 Å². The van der Waals surface area contributed by atoms with Crippen molar-refractivity contribution >= 4 is 77.1 Å². The van der Waals surface area contributed by atoms with E-state index in [-0.39, 0.29) is 26.2 Å². The highest BCUT2D eigenvalue weighted by Gasteiger charge is 2.62. The van der Waals surface area contributed by atoms with Gasteiger partial charge < -0.3 is 80.4 Å². The van der Waals surface area contributed by atoms with Crippen LogP contribution in [0.15, 0.2) is 12.7 Å². The molecule has 3 rings (SSSR count). The molecule has 2 N–H and O–H groups in total. The van der Waals surface area contributed by atoms with Gasteiger partial charge in [0, 0.05) is 75.0 Å². The number of aliphatic hydroxyl groups excluding tert-OH is 1. The monoisotopic (exact) mass is 971 g/mol. The van der Waals surface area contributed by atoms with Gasteiger partial charge >= 0.3 is 23.9 Å². The van der Waals surface area contributed by atoms with Gasteiger partial charge in [-0.2, -0.15) is 0 Å². The van der Waals surface area contributed by atoms with Crippen molar-refractivity contribution in [2.24, 2.45) is 0 Å². The maximum absolute atomic E-state index is 14.2. The van der Waals surface area contributed by atoms with Crippen LogP contribution in [0, 0.1) is 0 Å². The molecule has 61 heavy (non-hydrogen) atoms. The van der Waals surface area contributed by atoms with Crippen LogP contribution in [0.2, 0.25) is 0 Å². The molecule has 0 aromatic carbocycles. The standard InChI is InChI=1S/C34H58NO21P5/c1-8-10-43-31-30(56-61)28(54-59)25(21(50-31)13-45-58)51-32-29(55-60)27(23(40)20(49-32)12-44-57)53-34(33(41)42-7)11-19(47-16(5)38)22(35-14(3)36)26(52-34)24(48-17(6)39)18(9-2)46-15(4)37/h8,18-32,40H,1,9-13,57-61H2,2-7H3,(H,35,36)/t18-,19+,20?,21?,22-,23+,24-,25-,26?,27?,28?,29+,30+,31-,32+,34+/m1/s1. The van der Waals surface area contributed by atoms with E-state index in [9.17, 15) is 29.1 Å². The van der Waals surface area contributed by atoms with Crippen LogP contribution < -0.4 is 5.32 Å². The summed E-state index contributed by atoms with van der Waals surface area (Å²) in [4.78, 5) is 64.5. The lowest BCUT2D eigenvalue weighted by molar-refractivity contribution is -0.380. The fourth-order valence-electron chi connectivity index (χ4n) is 7.26. The van der Waals surface area contributed by atoms with Crippen LogP contribution in [-0.2, 0) is 94.0 Å². The summed E-state index contributed by atoms with van der Waals surface area (Å²) in [6.07, 6.45) is -17.7.